The summed E-state index contributed by atoms with van der Waals surface area (Å²) in [6, 6.07) is 10.8. The number of ether oxygens (including phenoxy) is 1. The first-order valence-electron chi connectivity index (χ1n) is 8.33. The Labute approximate surface area is 162 Å². The summed E-state index contributed by atoms with van der Waals surface area (Å²) < 4.78 is 12.8. The third-order valence-electron chi connectivity index (χ3n) is 4.19. The number of amides is 1. The van der Waals surface area contributed by atoms with E-state index in [1.807, 2.05) is 36.6 Å². The number of hydrogen-bond acceptors (Lipinski definition) is 4. The summed E-state index contributed by atoms with van der Waals surface area (Å²) in [7, 11) is 1.62. The second-order valence-corrected chi connectivity index (χ2v) is 6.52. The van der Waals surface area contributed by atoms with E-state index in [2.05, 4.69) is 10.5 Å². The van der Waals surface area contributed by atoms with E-state index in [0.717, 1.165) is 22.6 Å². The van der Waals surface area contributed by atoms with Crippen LogP contribution in [0.15, 0.2) is 45.9 Å². The maximum Gasteiger partial charge on any atom is 0.307 e. The first-order valence-corrected chi connectivity index (χ1v) is 8.71. The lowest BCUT2D eigenvalue weighted by atomic mass is 10.2. The highest BCUT2D eigenvalue weighted by Crippen LogP contribution is 2.30. The predicted octanol–water partition coefficient (Wildman–Crippen LogP) is 4.42. The van der Waals surface area contributed by atoms with Crippen LogP contribution in [0.1, 0.15) is 33.3 Å². The molecule has 2 heterocycles. The molecule has 0 unspecified atom stereocenters. The van der Waals surface area contributed by atoms with Gasteiger partial charge in [-0.3, -0.25) is 4.79 Å². The van der Waals surface area contributed by atoms with E-state index in [0.29, 0.717) is 16.5 Å². The van der Waals surface area contributed by atoms with Gasteiger partial charge >= 0.3 is 5.91 Å². The standard InChI is InChI=1S/C20H20ClN3O3/c1-12-9-15(11-22-23-20(25)19-7-5-13(2)27-19)14(3)24(12)17-10-16(21)6-8-18(17)26-4/h5-11H,1-4H3,(H,23,25)/b22-11-. The minimum absolute atomic E-state index is 0.221. The van der Waals surface area contributed by atoms with Crippen LogP contribution >= 0.6 is 11.6 Å². The molecule has 1 N–H and O–H groups in total. The van der Waals surface area contributed by atoms with Crippen LogP contribution in [0.2, 0.25) is 5.02 Å². The molecule has 0 aliphatic heterocycles. The molecule has 0 fully saturated rings. The fourth-order valence-electron chi connectivity index (χ4n) is 2.90. The first-order chi connectivity index (χ1) is 12.9. The van der Waals surface area contributed by atoms with Gasteiger partial charge in [0, 0.05) is 22.0 Å². The van der Waals surface area contributed by atoms with E-state index < -0.39 is 5.91 Å². The molecule has 0 aliphatic rings. The van der Waals surface area contributed by atoms with E-state index in [9.17, 15) is 4.79 Å². The smallest absolute Gasteiger partial charge is 0.307 e. The number of methoxy groups -OCH3 is 1. The maximum absolute atomic E-state index is 12.0. The van der Waals surface area contributed by atoms with Crippen LogP contribution in [-0.4, -0.2) is 23.8 Å². The quantitative estimate of drug-likeness (QED) is 0.522. The largest absolute Gasteiger partial charge is 0.495 e. The minimum atomic E-state index is -0.398. The van der Waals surface area contributed by atoms with Crippen molar-refractivity contribution in [3.05, 3.63) is 69.9 Å². The number of aryl methyl sites for hydroxylation is 2. The van der Waals surface area contributed by atoms with Gasteiger partial charge in [0.15, 0.2) is 5.76 Å². The lowest BCUT2D eigenvalue weighted by Gasteiger charge is -2.14. The van der Waals surface area contributed by atoms with Gasteiger partial charge in [0.1, 0.15) is 11.5 Å². The number of nitrogens with zero attached hydrogens (tertiary/aromatic N) is 2. The van der Waals surface area contributed by atoms with E-state index in [1.165, 1.54) is 0 Å². The Bertz CT molecular complexity index is 1020. The summed E-state index contributed by atoms with van der Waals surface area (Å²) >= 11 is 6.16. The second-order valence-electron chi connectivity index (χ2n) is 6.09. The van der Waals surface area contributed by atoms with Crippen molar-refractivity contribution in [3.8, 4) is 11.4 Å². The lowest BCUT2D eigenvalue weighted by molar-refractivity contribution is 0.0926. The van der Waals surface area contributed by atoms with Gasteiger partial charge in [0.2, 0.25) is 0 Å². The first kappa shape index (κ1) is 18.8. The third kappa shape index (κ3) is 3.90. The zero-order valence-corrected chi connectivity index (χ0v) is 16.3. The predicted molar refractivity (Wildman–Crippen MR) is 105 cm³/mol. The average molecular weight is 386 g/mol. The van der Waals surface area contributed by atoms with Crippen molar-refractivity contribution in [1.82, 2.24) is 9.99 Å². The van der Waals surface area contributed by atoms with Crippen LogP contribution in [-0.2, 0) is 0 Å². The van der Waals surface area contributed by atoms with E-state index in [4.69, 9.17) is 20.8 Å². The number of nitrogens with one attached hydrogen (secondary N) is 1. The highest BCUT2D eigenvalue weighted by molar-refractivity contribution is 6.30. The van der Waals surface area contributed by atoms with Crippen molar-refractivity contribution in [2.45, 2.75) is 20.8 Å². The number of benzene rings is 1. The number of aromatic nitrogens is 1. The molecule has 3 aromatic rings. The van der Waals surface area contributed by atoms with Crippen molar-refractivity contribution in [2.75, 3.05) is 7.11 Å². The van der Waals surface area contributed by atoms with Gasteiger partial charge in [0.25, 0.3) is 0 Å². The minimum Gasteiger partial charge on any atom is -0.495 e. The highest BCUT2D eigenvalue weighted by atomic mass is 35.5. The van der Waals surface area contributed by atoms with Crippen LogP contribution in [0, 0.1) is 20.8 Å². The average Bonchev–Trinajstić information content (AvgIpc) is 3.18. The topological polar surface area (TPSA) is 68.8 Å². The molecule has 6 nitrogen and oxygen atoms in total. The number of carbonyl (C=O) groups is 1. The second kappa shape index (κ2) is 7.72. The zero-order chi connectivity index (χ0) is 19.6. The van der Waals surface area contributed by atoms with Gasteiger partial charge in [-0.1, -0.05) is 11.6 Å². The molecule has 0 saturated carbocycles. The fraction of sp³-hybridized carbons (Fsp3) is 0.200. The van der Waals surface area contributed by atoms with Gasteiger partial charge in [-0.2, -0.15) is 5.10 Å². The van der Waals surface area contributed by atoms with E-state index in [1.54, 1.807) is 38.4 Å². The van der Waals surface area contributed by atoms with Crippen molar-refractivity contribution in [1.29, 1.82) is 0 Å². The van der Waals surface area contributed by atoms with E-state index >= 15 is 0 Å². The van der Waals surface area contributed by atoms with Crippen LogP contribution in [0.3, 0.4) is 0 Å². The number of halogens is 1. The Kier molecular flexibility index (Phi) is 5.37. The summed E-state index contributed by atoms with van der Waals surface area (Å²) in [5.41, 5.74) is 6.11. The molecular formula is C20H20ClN3O3. The van der Waals surface area contributed by atoms with Gasteiger partial charge in [-0.25, -0.2) is 5.43 Å². The van der Waals surface area contributed by atoms with Gasteiger partial charge in [-0.15, -0.1) is 0 Å². The van der Waals surface area contributed by atoms with Crippen molar-refractivity contribution in [2.24, 2.45) is 5.10 Å². The fourth-order valence-corrected chi connectivity index (χ4v) is 3.07. The Balaban J connectivity index is 1.86. The molecule has 0 aliphatic carbocycles. The number of rotatable bonds is 5. The SMILES string of the molecule is COc1ccc(Cl)cc1-n1c(C)cc(/C=N\NC(=O)c2ccc(C)o2)c1C. The molecule has 2 aromatic heterocycles. The molecule has 0 bridgehead atoms. The van der Waals surface area contributed by atoms with E-state index in [-0.39, 0.29) is 5.76 Å². The molecule has 0 saturated heterocycles. The number of carbonyl (C=O) groups excluding carboxylic acids is 1. The Morgan fingerprint density at radius 3 is 2.67 bits per heavy atom. The molecule has 7 heteroatoms. The molecule has 1 amide bonds. The number of hydrazone groups is 1. The number of furan rings is 1. The molecule has 3 rings (SSSR count). The van der Waals surface area contributed by atoms with Crippen molar-refractivity contribution < 1.29 is 13.9 Å². The maximum atomic E-state index is 12.0. The highest BCUT2D eigenvalue weighted by Gasteiger charge is 2.14. The summed E-state index contributed by atoms with van der Waals surface area (Å²) in [6.45, 7) is 5.72. The molecule has 27 heavy (non-hydrogen) atoms. The molecule has 140 valence electrons. The molecule has 0 spiro atoms. The molecular weight excluding hydrogens is 366 g/mol. The summed E-state index contributed by atoms with van der Waals surface area (Å²) in [5.74, 6) is 1.21. The van der Waals surface area contributed by atoms with Crippen molar-refractivity contribution >= 4 is 23.7 Å². The van der Waals surface area contributed by atoms with Crippen LogP contribution in [0.25, 0.3) is 5.69 Å². The molecule has 1 aromatic carbocycles. The zero-order valence-electron chi connectivity index (χ0n) is 15.5. The molecule has 0 radical (unpaired) electrons. The Hall–Kier alpha value is -2.99. The summed E-state index contributed by atoms with van der Waals surface area (Å²) in [6.07, 6.45) is 1.60. The summed E-state index contributed by atoms with van der Waals surface area (Å²) in [4.78, 5) is 12.0. The van der Waals surface area contributed by atoms with Gasteiger partial charge in [-0.05, 0) is 57.2 Å². The van der Waals surface area contributed by atoms with Crippen LogP contribution in [0.4, 0.5) is 0 Å². The van der Waals surface area contributed by atoms with Gasteiger partial charge in [0.05, 0.1) is 19.0 Å². The molecule has 0 atom stereocenters. The Morgan fingerprint density at radius 2 is 2.00 bits per heavy atom. The van der Waals surface area contributed by atoms with Crippen molar-refractivity contribution in [3.63, 3.8) is 0 Å². The van der Waals surface area contributed by atoms with Crippen LogP contribution < -0.4 is 10.2 Å². The van der Waals surface area contributed by atoms with Gasteiger partial charge < -0.3 is 13.7 Å². The third-order valence-corrected chi connectivity index (χ3v) is 4.42. The Morgan fingerprint density at radius 1 is 1.22 bits per heavy atom. The monoisotopic (exact) mass is 385 g/mol. The normalized spacial score (nSPS) is 11.1. The summed E-state index contributed by atoms with van der Waals surface area (Å²) in [5, 5.41) is 4.66. The van der Waals surface area contributed by atoms with Crippen LogP contribution in [0.5, 0.6) is 5.75 Å². The lowest BCUT2D eigenvalue weighted by Crippen LogP contribution is -2.16. The number of hydrogen-bond donors (Lipinski definition) is 1.